The van der Waals surface area contributed by atoms with E-state index in [-0.39, 0.29) is 24.5 Å². The van der Waals surface area contributed by atoms with Gasteiger partial charge in [-0.15, -0.1) is 0 Å². The number of hydrogen-bond donors (Lipinski definition) is 4. The highest BCUT2D eigenvalue weighted by Crippen LogP contribution is 2.41. The molecule has 2 heterocycles. The predicted molar refractivity (Wildman–Crippen MR) is 90.9 cm³/mol. The van der Waals surface area contributed by atoms with E-state index in [0.29, 0.717) is 5.56 Å². The first-order valence-corrected chi connectivity index (χ1v) is 8.43. The van der Waals surface area contributed by atoms with Gasteiger partial charge in [-0.2, -0.15) is 0 Å². The topological polar surface area (TPSA) is 152 Å². The molecule has 1 aromatic rings. The Balaban J connectivity index is 1.62. The van der Waals surface area contributed by atoms with Gasteiger partial charge in [-0.05, 0) is 23.8 Å². The van der Waals surface area contributed by atoms with E-state index < -0.39 is 42.1 Å². The van der Waals surface area contributed by atoms with Gasteiger partial charge in [0, 0.05) is 12.5 Å². The minimum Gasteiger partial charge on any atom is -0.504 e. The molecule has 4 N–H and O–H groups in total. The van der Waals surface area contributed by atoms with Crippen LogP contribution in [0.2, 0.25) is 0 Å². The number of carbonyl (C=O) groups excluding carboxylic acids is 2. The van der Waals surface area contributed by atoms with Crippen molar-refractivity contribution in [2.45, 2.75) is 36.6 Å². The summed E-state index contributed by atoms with van der Waals surface area (Å²) in [5.41, 5.74) is 0.451. The van der Waals surface area contributed by atoms with Gasteiger partial charge in [0.05, 0.1) is 13.2 Å². The molecule has 2 saturated heterocycles. The third kappa shape index (κ3) is 3.80. The fourth-order valence-electron chi connectivity index (χ4n) is 3.12. The van der Waals surface area contributed by atoms with Crippen LogP contribution in [-0.2, 0) is 28.5 Å². The Bertz CT molecular complexity index is 791. The minimum absolute atomic E-state index is 0.287. The molecular weight excluding hydrogens is 376 g/mol. The molecule has 2 bridgehead atoms. The number of methoxy groups -OCH3 is 1. The van der Waals surface area contributed by atoms with E-state index in [1.54, 1.807) is 0 Å². The molecule has 0 radical (unpaired) electrons. The van der Waals surface area contributed by atoms with Crippen molar-refractivity contribution in [1.29, 1.82) is 0 Å². The largest absolute Gasteiger partial charge is 0.504 e. The summed E-state index contributed by atoms with van der Waals surface area (Å²) in [7, 11) is 1.13. The molecule has 2 fully saturated rings. The molecule has 2 aliphatic rings. The first-order chi connectivity index (χ1) is 13.3. The second kappa shape index (κ2) is 7.76. The van der Waals surface area contributed by atoms with Gasteiger partial charge in [0.2, 0.25) is 0 Å². The number of phenols is 2. The number of benzene rings is 1. The highest BCUT2D eigenvalue weighted by Gasteiger charge is 2.62. The molecule has 10 heteroatoms. The van der Waals surface area contributed by atoms with Crippen molar-refractivity contribution in [3.05, 3.63) is 29.8 Å². The summed E-state index contributed by atoms with van der Waals surface area (Å²) in [5.74, 6) is -4.08. The average Bonchev–Trinajstić information content (AvgIpc) is 3.00. The molecule has 152 valence electrons. The smallest absolute Gasteiger partial charge is 0.366 e. The molecular formula is C18H20O10. The number of aromatic hydroxyl groups is 2. The van der Waals surface area contributed by atoms with Crippen molar-refractivity contribution >= 4 is 18.0 Å². The molecule has 1 aromatic carbocycles. The molecule has 0 unspecified atom stereocenters. The van der Waals surface area contributed by atoms with E-state index >= 15 is 0 Å². The summed E-state index contributed by atoms with van der Waals surface area (Å²) in [6.45, 7) is -0.336. The number of rotatable bonds is 5. The lowest BCUT2D eigenvalue weighted by Gasteiger charge is -2.34. The van der Waals surface area contributed by atoms with Crippen LogP contribution in [0.4, 0.5) is 0 Å². The van der Waals surface area contributed by atoms with E-state index in [4.69, 9.17) is 14.2 Å². The van der Waals surface area contributed by atoms with Crippen LogP contribution < -0.4 is 0 Å². The van der Waals surface area contributed by atoms with E-state index in [2.05, 4.69) is 4.74 Å². The minimum atomic E-state index is -1.85. The Labute approximate surface area is 159 Å². The van der Waals surface area contributed by atoms with E-state index in [1.807, 2.05) is 0 Å². The molecule has 10 nitrogen and oxygen atoms in total. The summed E-state index contributed by atoms with van der Waals surface area (Å²) in [6, 6.07) is 4.00. The lowest BCUT2D eigenvalue weighted by molar-refractivity contribution is -0.246. The summed E-state index contributed by atoms with van der Waals surface area (Å²) in [4.78, 5) is 23.9. The van der Waals surface area contributed by atoms with Crippen LogP contribution in [0.15, 0.2) is 24.3 Å². The average molecular weight is 396 g/mol. The highest BCUT2D eigenvalue weighted by atomic mass is 16.8. The summed E-state index contributed by atoms with van der Waals surface area (Å²) < 4.78 is 20.7. The van der Waals surface area contributed by atoms with Crippen LogP contribution in [0.25, 0.3) is 6.08 Å². The fraction of sp³-hybridized carbons (Fsp3) is 0.444. The van der Waals surface area contributed by atoms with E-state index in [9.17, 15) is 30.0 Å². The van der Waals surface area contributed by atoms with Gasteiger partial charge in [0.1, 0.15) is 24.9 Å². The maximum absolute atomic E-state index is 12.0. The zero-order valence-corrected chi connectivity index (χ0v) is 14.8. The standard InChI is InChI=1S/C18H20O10/c1-25-17(24)18-7-12(21)15(23)16(28-18)13(27-18)8-26-14(22)5-3-9-2-4-10(19)11(20)6-9/h2-6,12-13,15-16,19-21,23H,7-8H2,1H3/t12-,13-,15-,16-,18+/m1/s1. The molecule has 0 amide bonds. The lowest BCUT2D eigenvalue weighted by atomic mass is 9.96. The number of aliphatic hydroxyl groups excluding tert-OH is 2. The second-order valence-corrected chi connectivity index (χ2v) is 6.46. The monoisotopic (exact) mass is 396 g/mol. The maximum Gasteiger partial charge on any atom is 0.366 e. The van der Waals surface area contributed by atoms with Crippen molar-refractivity contribution in [2.75, 3.05) is 13.7 Å². The Morgan fingerprint density at radius 3 is 2.68 bits per heavy atom. The first-order valence-electron chi connectivity index (χ1n) is 8.43. The van der Waals surface area contributed by atoms with Gasteiger partial charge in [-0.1, -0.05) is 6.07 Å². The molecule has 0 aromatic heterocycles. The number of aliphatic hydroxyl groups is 2. The number of hydrogen-bond acceptors (Lipinski definition) is 10. The van der Waals surface area contributed by atoms with Crippen LogP contribution in [0, 0.1) is 0 Å². The molecule has 0 saturated carbocycles. The van der Waals surface area contributed by atoms with Crippen LogP contribution in [-0.4, -0.2) is 76.3 Å². The van der Waals surface area contributed by atoms with Gasteiger partial charge in [0.25, 0.3) is 5.79 Å². The quantitative estimate of drug-likeness (QED) is 0.289. The Kier molecular flexibility index (Phi) is 5.57. The van der Waals surface area contributed by atoms with Crippen LogP contribution in [0.3, 0.4) is 0 Å². The van der Waals surface area contributed by atoms with Gasteiger partial charge in [0.15, 0.2) is 11.5 Å². The molecule has 0 spiro atoms. The number of fused-ring (bicyclic) bond motifs is 2. The zero-order chi connectivity index (χ0) is 20.5. The zero-order valence-electron chi connectivity index (χ0n) is 14.8. The molecule has 2 aliphatic heterocycles. The third-order valence-electron chi connectivity index (χ3n) is 4.54. The maximum atomic E-state index is 12.0. The Morgan fingerprint density at radius 1 is 1.25 bits per heavy atom. The van der Waals surface area contributed by atoms with Crippen molar-refractivity contribution in [3.63, 3.8) is 0 Å². The summed E-state index contributed by atoms with van der Waals surface area (Å²) in [6.07, 6.45) is -2.50. The highest BCUT2D eigenvalue weighted by molar-refractivity contribution is 5.87. The van der Waals surface area contributed by atoms with Crippen molar-refractivity contribution in [3.8, 4) is 11.5 Å². The van der Waals surface area contributed by atoms with Crippen molar-refractivity contribution in [1.82, 2.24) is 0 Å². The first kappa shape index (κ1) is 20.1. The normalized spacial score (nSPS) is 31.7. The van der Waals surface area contributed by atoms with Crippen LogP contribution in [0.1, 0.15) is 12.0 Å². The van der Waals surface area contributed by atoms with E-state index in [0.717, 1.165) is 13.2 Å². The molecule has 28 heavy (non-hydrogen) atoms. The summed E-state index contributed by atoms with van der Waals surface area (Å²) in [5, 5.41) is 38.7. The van der Waals surface area contributed by atoms with Crippen molar-refractivity contribution in [2.24, 2.45) is 0 Å². The number of esters is 2. The number of ether oxygens (including phenoxy) is 4. The fourth-order valence-corrected chi connectivity index (χ4v) is 3.12. The van der Waals surface area contributed by atoms with Crippen LogP contribution >= 0.6 is 0 Å². The predicted octanol–water partition coefficient (Wildman–Crippen LogP) is -0.567. The number of carbonyl (C=O) groups is 2. The molecule has 0 aliphatic carbocycles. The summed E-state index contributed by atoms with van der Waals surface area (Å²) >= 11 is 0. The van der Waals surface area contributed by atoms with Crippen molar-refractivity contribution < 1.29 is 49.0 Å². The van der Waals surface area contributed by atoms with Gasteiger partial charge < -0.3 is 39.4 Å². The molecule has 5 atom stereocenters. The third-order valence-corrected chi connectivity index (χ3v) is 4.54. The van der Waals surface area contributed by atoms with Crippen LogP contribution in [0.5, 0.6) is 11.5 Å². The lowest BCUT2D eigenvalue weighted by Crippen LogP contribution is -2.54. The van der Waals surface area contributed by atoms with Gasteiger partial charge in [-0.3, -0.25) is 0 Å². The Hall–Kier alpha value is -2.66. The van der Waals surface area contributed by atoms with Gasteiger partial charge in [-0.25, -0.2) is 9.59 Å². The number of phenolic OH excluding ortho intramolecular Hbond substituents is 2. The van der Waals surface area contributed by atoms with Gasteiger partial charge >= 0.3 is 11.9 Å². The molecule has 3 rings (SSSR count). The Morgan fingerprint density at radius 2 is 2.00 bits per heavy atom. The van der Waals surface area contributed by atoms with E-state index in [1.165, 1.54) is 24.3 Å². The SMILES string of the molecule is COC(=O)[C@]12C[C@@H](O)[C@@H](O)[C@H](O1)[C@@H](COC(=O)C=Cc1ccc(O)c(O)c1)O2. The second-order valence-electron chi connectivity index (χ2n) is 6.46.